The molecule has 0 bridgehead atoms. The van der Waals surface area contributed by atoms with Crippen LogP contribution in [0.2, 0.25) is 0 Å². The van der Waals surface area contributed by atoms with E-state index < -0.39 is 35.1 Å². The number of ether oxygens (including phenoxy) is 1. The highest BCUT2D eigenvalue weighted by Gasteiger charge is 2.27. The van der Waals surface area contributed by atoms with Gasteiger partial charge in [-0.05, 0) is 47.7 Å². The molecule has 0 saturated carbocycles. The summed E-state index contributed by atoms with van der Waals surface area (Å²) in [4.78, 5) is 25.0. The molecule has 0 fully saturated rings. The van der Waals surface area contributed by atoms with Crippen LogP contribution >= 0.6 is 0 Å². The summed E-state index contributed by atoms with van der Waals surface area (Å²) in [5.74, 6) is -2.86. The highest BCUT2D eigenvalue weighted by molar-refractivity contribution is 5.98. The third-order valence-corrected chi connectivity index (χ3v) is 5.31. The van der Waals surface area contributed by atoms with E-state index in [9.17, 15) is 18.4 Å². The minimum atomic E-state index is -0.975. The quantitative estimate of drug-likeness (QED) is 0.457. The van der Waals surface area contributed by atoms with Gasteiger partial charge in [0.25, 0.3) is 5.91 Å². The van der Waals surface area contributed by atoms with Crippen LogP contribution < -0.4 is 15.4 Å². The van der Waals surface area contributed by atoms with Gasteiger partial charge in [0.05, 0.1) is 0 Å². The second-order valence-electron chi connectivity index (χ2n) is 8.25. The molecule has 2 amide bonds. The number of halogens is 2. The molecule has 0 aliphatic rings. The first-order chi connectivity index (χ1) is 16.3. The fraction of sp³-hybridized carbons (Fsp3) is 0.259. The van der Waals surface area contributed by atoms with Gasteiger partial charge in [0.2, 0.25) is 5.91 Å². The number of hydrogen-bond donors (Lipinski definition) is 2. The van der Waals surface area contributed by atoms with E-state index in [4.69, 9.17) is 4.74 Å². The fourth-order valence-corrected chi connectivity index (χ4v) is 3.40. The maximum absolute atomic E-state index is 13.9. The summed E-state index contributed by atoms with van der Waals surface area (Å²) < 4.78 is 33.6. The number of rotatable bonds is 10. The predicted molar refractivity (Wildman–Crippen MR) is 126 cm³/mol. The molecular formula is C27H28F2N2O3. The van der Waals surface area contributed by atoms with Crippen molar-refractivity contribution in [2.45, 2.75) is 32.9 Å². The van der Waals surface area contributed by atoms with Crippen LogP contribution in [0, 0.1) is 17.6 Å². The van der Waals surface area contributed by atoms with E-state index in [1.807, 2.05) is 54.6 Å². The van der Waals surface area contributed by atoms with E-state index in [0.717, 1.165) is 29.0 Å². The van der Waals surface area contributed by atoms with Crippen LogP contribution in [0.1, 0.15) is 35.3 Å². The molecule has 3 aromatic rings. The number of carbonyl (C=O) groups excluding carboxylic acids is 2. The van der Waals surface area contributed by atoms with Crippen molar-refractivity contribution >= 4 is 11.8 Å². The molecule has 5 nitrogen and oxygen atoms in total. The molecule has 0 aliphatic heterocycles. The summed E-state index contributed by atoms with van der Waals surface area (Å²) in [6, 6.07) is 19.7. The first-order valence-electron chi connectivity index (χ1n) is 11.1. The summed E-state index contributed by atoms with van der Waals surface area (Å²) >= 11 is 0. The monoisotopic (exact) mass is 466 g/mol. The predicted octanol–water partition coefficient (Wildman–Crippen LogP) is 4.66. The summed E-state index contributed by atoms with van der Waals surface area (Å²) in [6.45, 7) is 4.32. The lowest BCUT2D eigenvalue weighted by molar-refractivity contribution is -0.123. The Balaban J connectivity index is 1.49. The Bertz CT molecular complexity index is 1080. The summed E-state index contributed by atoms with van der Waals surface area (Å²) in [5, 5.41) is 5.24. The van der Waals surface area contributed by atoms with E-state index in [1.165, 1.54) is 6.07 Å². The number of benzene rings is 3. The Kier molecular flexibility index (Phi) is 8.73. The average Bonchev–Trinajstić information content (AvgIpc) is 2.82. The van der Waals surface area contributed by atoms with Gasteiger partial charge in [0, 0.05) is 6.54 Å². The normalized spacial score (nSPS) is 11.7. The van der Waals surface area contributed by atoms with Crippen LogP contribution in [0.25, 0.3) is 0 Å². The van der Waals surface area contributed by atoms with Crippen LogP contribution in [0.4, 0.5) is 8.78 Å². The number of carbonyl (C=O) groups is 2. The first kappa shape index (κ1) is 24.9. The van der Waals surface area contributed by atoms with Crippen LogP contribution in [-0.2, 0) is 17.8 Å². The lowest BCUT2D eigenvalue weighted by Gasteiger charge is -2.22. The molecular weight excluding hydrogens is 438 g/mol. The molecule has 7 heteroatoms. The van der Waals surface area contributed by atoms with Gasteiger partial charge in [-0.3, -0.25) is 9.59 Å². The topological polar surface area (TPSA) is 67.4 Å². The molecule has 0 heterocycles. The largest absolute Gasteiger partial charge is 0.489 e. The third-order valence-electron chi connectivity index (χ3n) is 5.31. The first-order valence-corrected chi connectivity index (χ1v) is 11.1. The molecule has 2 N–H and O–H groups in total. The minimum Gasteiger partial charge on any atom is -0.489 e. The third kappa shape index (κ3) is 6.88. The number of nitrogens with one attached hydrogen (secondary N) is 2. The number of hydrogen-bond acceptors (Lipinski definition) is 3. The average molecular weight is 467 g/mol. The van der Waals surface area contributed by atoms with Crippen LogP contribution in [-0.4, -0.2) is 24.4 Å². The lowest BCUT2D eigenvalue weighted by Crippen LogP contribution is -2.50. The van der Waals surface area contributed by atoms with Gasteiger partial charge in [-0.15, -0.1) is 0 Å². The van der Waals surface area contributed by atoms with Crippen molar-refractivity contribution in [3.05, 3.63) is 101 Å². The van der Waals surface area contributed by atoms with Gasteiger partial charge in [0.15, 0.2) is 0 Å². The van der Waals surface area contributed by atoms with Crippen molar-refractivity contribution in [2.24, 2.45) is 5.92 Å². The zero-order chi connectivity index (χ0) is 24.5. The van der Waals surface area contributed by atoms with E-state index in [0.29, 0.717) is 19.6 Å². The van der Waals surface area contributed by atoms with E-state index >= 15 is 0 Å². The molecule has 0 spiro atoms. The molecule has 3 rings (SSSR count). The van der Waals surface area contributed by atoms with Crippen LogP contribution in [0.5, 0.6) is 5.75 Å². The maximum atomic E-state index is 13.9. The Morgan fingerprint density at radius 3 is 2.12 bits per heavy atom. The SMILES string of the molecule is CC(C)[C@H](NC(=O)c1c(F)cccc1F)C(=O)NCCc1ccc(OCc2ccccc2)cc1. The van der Waals surface area contributed by atoms with Gasteiger partial charge >= 0.3 is 0 Å². The lowest BCUT2D eigenvalue weighted by atomic mass is 10.0. The van der Waals surface area contributed by atoms with Crippen molar-refractivity contribution in [1.82, 2.24) is 10.6 Å². The minimum absolute atomic E-state index is 0.278. The Morgan fingerprint density at radius 1 is 0.853 bits per heavy atom. The second kappa shape index (κ2) is 11.9. The van der Waals surface area contributed by atoms with E-state index in [-0.39, 0.29) is 5.92 Å². The molecule has 0 aromatic heterocycles. The van der Waals surface area contributed by atoms with Crippen LogP contribution in [0.3, 0.4) is 0 Å². The Labute approximate surface area is 198 Å². The molecule has 34 heavy (non-hydrogen) atoms. The van der Waals surface area contributed by atoms with E-state index in [2.05, 4.69) is 10.6 Å². The highest BCUT2D eigenvalue weighted by atomic mass is 19.1. The van der Waals surface area contributed by atoms with Gasteiger partial charge in [-0.2, -0.15) is 0 Å². The second-order valence-corrected chi connectivity index (χ2v) is 8.25. The zero-order valence-electron chi connectivity index (χ0n) is 19.2. The van der Waals surface area contributed by atoms with Crippen molar-refractivity contribution < 1.29 is 23.1 Å². The fourth-order valence-electron chi connectivity index (χ4n) is 3.40. The maximum Gasteiger partial charge on any atom is 0.257 e. The van der Waals surface area contributed by atoms with Crippen molar-refractivity contribution in [3.8, 4) is 5.75 Å². The van der Waals surface area contributed by atoms with Crippen molar-refractivity contribution in [3.63, 3.8) is 0 Å². The Hall–Kier alpha value is -3.74. The number of amides is 2. The van der Waals surface area contributed by atoms with Crippen molar-refractivity contribution in [2.75, 3.05) is 6.54 Å². The molecule has 0 radical (unpaired) electrons. The molecule has 0 aliphatic carbocycles. The van der Waals surface area contributed by atoms with Gasteiger partial charge in [-0.1, -0.05) is 62.4 Å². The summed E-state index contributed by atoms with van der Waals surface area (Å²) in [6.07, 6.45) is 0.575. The Morgan fingerprint density at radius 2 is 1.50 bits per heavy atom. The molecule has 178 valence electrons. The van der Waals surface area contributed by atoms with E-state index in [1.54, 1.807) is 13.8 Å². The molecule has 1 atom stereocenters. The van der Waals surface area contributed by atoms with Crippen LogP contribution in [0.15, 0.2) is 72.8 Å². The van der Waals surface area contributed by atoms with Gasteiger partial charge in [-0.25, -0.2) is 8.78 Å². The standard InChI is InChI=1S/C27H28F2N2O3/c1-18(2)25(31-26(32)24-22(28)9-6-10-23(24)29)27(33)30-16-15-19-11-13-21(14-12-19)34-17-20-7-4-3-5-8-20/h3-14,18,25H,15-17H2,1-2H3,(H,30,33)(H,31,32)/t25-/m0/s1. The highest BCUT2D eigenvalue weighted by Crippen LogP contribution is 2.15. The molecule has 0 saturated heterocycles. The van der Waals surface area contributed by atoms with Crippen molar-refractivity contribution in [1.29, 1.82) is 0 Å². The zero-order valence-corrected chi connectivity index (χ0v) is 19.2. The molecule has 0 unspecified atom stereocenters. The smallest absolute Gasteiger partial charge is 0.257 e. The summed E-state index contributed by atoms with van der Waals surface area (Å²) in [5.41, 5.74) is 1.39. The van der Waals surface area contributed by atoms with Gasteiger partial charge < -0.3 is 15.4 Å². The molecule has 3 aromatic carbocycles. The summed E-state index contributed by atoms with van der Waals surface area (Å²) in [7, 11) is 0. The van der Waals surface area contributed by atoms with Gasteiger partial charge in [0.1, 0.15) is 35.6 Å².